The van der Waals surface area contributed by atoms with Gasteiger partial charge in [-0.1, -0.05) is 0 Å². The van der Waals surface area contributed by atoms with E-state index >= 15 is 0 Å². The van der Waals surface area contributed by atoms with Gasteiger partial charge in [0.25, 0.3) is 0 Å². The number of Topliss-reactive ketones (excluding diaryl/α,β-unsaturated/α-hetero) is 1. The summed E-state index contributed by atoms with van der Waals surface area (Å²) >= 11 is 0. The number of allylic oxidation sites excluding steroid dienone is 1. The monoisotopic (exact) mass is 341 g/mol. The molecule has 0 bridgehead atoms. The van der Waals surface area contributed by atoms with Crippen LogP contribution in [0.4, 0.5) is 0 Å². The summed E-state index contributed by atoms with van der Waals surface area (Å²) < 4.78 is 16.6. The van der Waals surface area contributed by atoms with Crippen LogP contribution < -0.4 is 9.47 Å². The smallest absolute Gasteiger partial charge is 0.231 e. The van der Waals surface area contributed by atoms with Crippen molar-refractivity contribution in [2.45, 2.75) is 37.6 Å². The molecule has 1 amide bonds. The molecule has 130 valence electrons. The van der Waals surface area contributed by atoms with Crippen LogP contribution in [0.1, 0.15) is 36.8 Å². The van der Waals surface area contributed by atoms with E-state index in [1.165, 1.54) is 0 Å². The summed E-state index contributed by atoms with van der Waals surface area (Å²) in [6, 6.07) is 3.89. The van der Waals surface area contributed by atoms with E-state index in [0.717, 1.165) is 11.1 Å². The lowest BCUT2D eigenvalue weighted by atomic mass is 9.78. The molecule has 1 aliphatic carbocycles. The lowest BCUT2D eigenvalue weighted by Crippen LogP contribution is -2.47. The Kier molecular flexibility index (Phi) is 2.96. The molecule has 2 atom stereocenters. The molecule has 0 saturated carbocycles. The SMILES string of the molecule is CCOC1=C[C@]23CCC(=O)N2CCc2cc4c(cc2[C@@H]3C1=O)OCO4. The molecule has 0 aromatic heterocycles. The Hall–Kier alpha value is -2.50. The topological polar surface area (TPSA) is 65.1 Å². The van der Waals surface area contributed by atoms with Crippen molar-refractivity contribution in [2.24, 2.45) is 0 Å². The maximum Gasteiger partial charge on any atom is 0.231 e. The molecule has 6 heteroatoms. The zero-order chi connectivity index (χ0) is 17.2. The van der Waals surface area contributed by atoms with Crippen LogP contribution in [0.2, 0.25) is 0 Å². The van der Waals surface area contributed by atoms with Crippen LogP contribution in [0.15, 0.2) is 24.0 Å². The first-order valence-electron chi connectivity index (χ1n) is 8.77. The first-order valence-corrected chi connectivity index (χ1v) is 8.77. The molecule has 4 aliphatic rings. The summed E-state index contributed by atoms with van der Waals surface area (Å²) in [6.45, 7) is 3.10. The third kappa shape index (κ3) is 1.85. The molecule has 1 aromatic carbocycles. The van der Waals surface area contributed by atoms with Crippen LogP contribution in [-0.4, -0.2) is 42.1 Å². The van der Waals surface area contributed by atoms with Crippen LogP contribution in [-0.2, 0) is 20.7 Å². The fourth-order valence-electron chi connectivity index (χ4n) is 4.74. The van der Waals surface area contributed by atoms with Gasteiger partial charge < -0.3 is 19.1 Å². The van der Waals surface area contributed by atoms with Gasteiger partial charge in [-0.05, 0) is 49.1 Å². The normalized spacial score (nSPS) is 29.1. The Morgan fingerprint density at radius 3 is 2.84 bits per heavy atom. The molecule has 0 N–H and O–H groups in total. The number of nitrogens with zero attached hydrogens (tertiary/aromatic N) is 1. The number of ketones is 1. The number of fused-ring (bicyclic) bond motifs is 3. The van der Waals surface area contributed by atoms with E-state index in [2.05, 4.69) is 0 Å². The Labute approximate surface area is 145 Å². The fraction of sp³-hybridized carbons (Fsp3) is 0.474. The Balaban J connectivity index is 1.70. The summed E-state index contributed by atoms with van der Waals surface area (Å²) in [5.41, 5.74) is 1.39. The largest absolute Gasteiger partial charge is 0.490 e. The van der Waals surface area contributed by atoms with Crippen LogP contribution in [0.3, 0.4) is 0 Å². The number of rotatable bonds is 2. The van der Waals surface area contributed by atoms with Gasteiger partial charge in [0.2, 0.25) is 18.5 Å². The lowest BCUT2D eigenvalue weighted by Gasteiger charge is -2.36. The molecule has 1 spiro atoms. The highest BCUT2D eigenvalue weighted by atomic mass is 16.7. The van der Waals surface area contributed by atoms with E-state index in [1.54, 1.807) is 0 Å². The average molecular weight is 341 g/mol. The first-order chi connectivity index (χ1) is 12.1. The first kappa shape index (κ1) is 14.8. The molecule has 0 radical (unpaired) electrons. The molecule has 25 heavy (non-hydrogen) atoms. The zero-order valence-corrected chi connectivity index (χ0v) is 14.0. The predicted molar refractivity (Wildman–Crippen MR) is 87.4 cm³/mol. The number of hydrogen-bond donors (Lipinski definition) is 0. The number of ether oxygens (including phenoxy) is 3. The maximum absolute atomic E-state index is 13.2. The highest BCUT2D eigenvalue weighted by Gasteiger charge is 2.59. The molecule has 1 aromatic rings. The van der Waals surface area contributed by atoms with Crippen LogP contribution in [0, 0.1) is 0 Å². The second kappa shape index (κ2) is 5.00. The van der Waals surface area contributed by atoms with E-state index in [-0.39, 0.29) is 18.5 Å². The van der Waals surface area contributed by atoms with Crippen molar-refractivity contribution in [3.8, 4) is 11.5 Å². The second-order valence-electron chi connectivity index (χ2n) is 6.93. The minimum absolute atomic E-state index is 0.0384. The third-order valence-corrected chi connectivity index (χ3v) is 5.78. The predicted octanol–water partition coefficient (Wildman–Crippen LogP) is 1.92. The van der Waals surface area contributed by atoms with E-state index in [1.807, 2.05) is 30.0 Å². The average Bonchev–Trinajstić information content (AvgIpc) is 3.22. The van der Waals surface area contributed by atoms with Gasteiger partial charge in [0.1, 0.15) is 0 Å². The molecule has 0 unspecified atom stereocenters. The van der Waals surface area contributed by atoms with E-state index in [9.17, 15) is 9.59 Å². The van der Waals surface area contributed by atoms with Gasteiger partial charge >= 0.3 is 0 Å². The van der Waals surface area contributed by atoms with Crippen molar-refractivity contribution in [2.75, 3.05) is 19.9 Å². The summed E-state index contributed by atoms with van der Waals surface area (Å²) in [4.78, 5) is 27.6. The molecule has 3 heterocycles. The van der Waals surface area contributed by atoms with Crippen LogP contribution in [0.25, 0.3) is 0 Å². The number of carbonyl (C=O) groups is 2. The van der Waals surface area contributed by atoms with Crippen molar-refractivity contribution in [1.29, 1.82) is 0 Å². The number of amides is 1. The summed E-state index contributed by atoms with van der Waals surface area (Å²) in [6.07, 6.45) is 3.72. The zero-order valence-electron chi connectivity index (χ0n) is 14.0. The minimum Gasteiger partial charge on any atom is -0.490 e. The molecular weight excluding hydrogens is 322 g/mol. The highest BCUT2D eigenvalue weighted by molar-refractivity contribution is 6.05. The molecule has 6 nitrogen and oxygen atoms in total. The Morgan fingerprint density at radius 1 is 1.24 bits per heavy atom. The quantitative estimate of drug-likeness (QED) is 0.822. The molecule has 5 rings (SSSR count). The van der Waals surface area contributed by atoms with Gasteiger partial charge in [0.15, 0.2) is 17.3 Å². The fourth-order valence-corrected chi connectivity index (χ4v) is 4.74. The van der Waals surface area contributed by atoms with Crippen molar-refractivity contribution >= 4 is 11.7 Å². The van der Waals surface area contributed by atoms with E-state index < -0.39 is 11.5 Å². The van der Waals surface area contributed by atoms with Crippen molar-refractivity contribution < 1.29 is 23.8 Å². The maximum atomic E-state index is 13.2. The molecule has 1 saturated heterocycles. The van der Waals surface area contributed by atoms with Crippen LogP contribution in [0.5, 0.6) is 11.5 Å². The van der Waals surface area contributed by atoms with E-state index in [4.69, 9.17) is 14.2 Å². The number of benzene rings is 1. The number of carbonyl (C=O) groups excluding carboxylic acids is 2. The van der Waals surface area contributed by atoms with Gasteiger partial charge in [0.05, 0.1) is 18.1 Å². The van der Waals surface area contributed by atoms with E-state index in [0.29, 0.717) is 49.7 Å². The Bertz CT molecular complexity index is 829. The van der Waals surface area contributed by atoms with Gasteiger partial charge in [-0.25, -0.2) is 0 Å². The third-order valence-electron chi connectivity index (χ3n) is 5.78. The molecular formula is C19H19NO5. The minimum atomic E-state index is -0.600. The number of hydrogen-bond acceptors (Lipinski definition) is 5. The standard InChI is InChI=1S/C19H19NO5/c1-2-23-15-9-19-5-3-16(21)20(19)6-4-11-7-13-14(25-10-24-13)8-12(11)17(19)18(15)22/h7-9,17H,2-6,10H2,1H3/t17-,19+/m1/s1. The van der Waals surface area contributed by atoms with Crippen molar-refractivity contribution in [1.82, 2.24) is 4.90 Å². The van der Waals surface area contributed by atoms with Gasteiger partial charge in [-0.2, -0.15) is 0 Å². The summed E-state index contributed by atoms with van der Waals surface area (Å²) in [7, 11) is 0. The van der Waals surface area contributed by atoms with Gasteiger partial charge in [0, 0.05) is 13.0 Å². The highest BCUT2D eigenvalue weighted by Crippen LogP contribution is 2.53. The molecule has 1 fully saturated rings. The Morgan fingerprint density at radius 2 is 2.04 bits per heavy atom. The summed E-state index contributed by atoms with van der Waals surface area (Å²) in [5.74, 6) is 1.42. The van der Waals surface area contributed by atoms with Gasteiger partial charge in [-0.15, -0.1) is 0 Å². The second-order valence-corrected chi connectivity index (χ2v) is 6.93. The lowest BCUT2D eigenvalue weighted by molar-refractivity contribution is -0.131. The van der Waals surface area contributed by atoms with Crippen molar-refractivity contribution in [3.05, 3.63) is 35.1 Å². The van der Waals surface area contributed by atoms with Crippen LogP contribution >= 0.6 is 0 Å². The van der Waals surface area contributed by atoms with Gasteiger partial charge in [-0.3, -0.25) is 9.59 Å². The summed E-state index contributed by atoms with van der Waals surface area (Å²) in [5, 5.41) is 0. The molecule has 3 aliphatic heterocycles. The van der Waals surface area contributed by atoms with Crippen molar-refractivity contribution in [3.63, 3.8) is 0 Å².